The lowest BCUT2D eigenvalue weighted by atomic mass is 10.2. The first-order valence-corrected chi connectivity index (χ1v) is 4.56. The normalized spacial score (nSPS) is 10.7. The van der Waals surface area contributed by atoms with Crippen LogP contribution in [0, 0.1) is 0 Å². The number of fused-ring (bicyclic) bond motifs is 1. The molecule has 1 aromatic heterocycles. The van der Waals surface area contributed by atoms with Gasteiger partial charge in [0.25, 0.3) is 0 Å². The second kappa shape index (κ2) is 3.21. The zero-order valence-corrected chi connectivity index (χ0v) is 8.32. The number of nitrogens with two attached hydrogens (primary N) is 1. The zero-order valence-electron chi connectivity index (χ0n) is 8.32. The SMILES string of the molecule is CCn1nc2ccc(OC)cc2c1N. The van der Waals surface area contributed by atoms with E-state index in [0.717, 1.165) is 23.2 Å². The number of nitrogen functional groups attached to an aromatic ring is 1. The van der Waals surface area contributed by atoms with Gasteiger partial charge in [-0.15, -0.1) is 0 Å². The lowest BCUT2D eigenvalue weighted by Gasteiger charge is -1.98. The first-order chi connectivity index (χ1) is 6.76. The molecule has 0 unspecified atom stereocenters. The van der Waals surface area contributed by atoms with E-state index < -0.39 is 0 Å². The van der Waals surface area contributed by atoms with Crippen LogP contribution >= 0.6 is 0 Å². The van der Waals surface area contributed by atoms with Gasteiger partial charge in [0, 0.05) is 11.9 Å². The Hall–Kier alpha value is -1.71. The first-order valence-electron chi connectivity index (χ1n) is 4.56. The van der Waals surface area contributed by atoms with Gasteiger partial charge in [0.05, 0.1) is 12.6 Å². The molecule has 74 valence electrons. The molecule has 2 rings (SSSR count). The van der Waals surface area contributed by atoms with E-state index >= 15 is 0 Å². The highest BCUT2D eigenvalue weighted by atomic mass is 16.5. The number of benzene rings is 1. The van der Waals surface area contributed by atoms with Crippen LogP contribution in [0.25, 0.3) is 10.9 Å². The monoisotopic (exact) mass is 191 g/mol. The summed E-state index contributed by atoms with van der Waals surface area (Å²) < 4.78 is 6.91. The fraction of sp³-hybridized carbons (Fsp3) is 0.300. The number of hydrogen-bond donors (Lipinski definition) is 1. The van der Waals surface area contributed by atoms with Crippen LogP contribution in [0.15, 0.2) is 18.2 Å². The summed E-state index contributed by atoms with van der Waals surface area (Å²) in [6, 6.07) is 5.70. The average molecular weight is 191 g/mol. The Labute approximate surface area is 82.3 Å². The van der Waals surface area contributed by atoms with Crippen LogP contribution in [-0.4, -0.2) is 16.9 Å². The highest BCUT2D eigenvalue weighted by molar-refractivity contribution is 5.90. The Balaban J connectivity index is 2.68. The van der Waals surface area contributed by atoms with E-state index in [9.17, 15) is 0 Å². The number of methoxy groups -OCH3 is 1. The van der Waals surface area contributed by atoms with Crippen molar-refractivity contribution in [1.82, 2.24) is 9.78 Å². The standard InChI is InChI=1S/C10H13N3O/c1-3-13-10(11)8-6-7(14-2)4-5-9(8)12-13/h4-6H,3,11H2,1-2H3. The van der Waals surface area contributed by atoms with Crippen LogP contribution in [0.5, 0.6) is 5.75 Å². The highest BCUT2D eigenvalue weighted by Gasteiger charge is 2.07. The Morgan fingerprint density at radius 3 is 2.93 bits per heavy atom. The minimum atomic E-state index is 0.696. The predicted octanol–water partition coefficient (Wildman–Crippen LogP) is 1.65. The maximum atomic E-state index is 5.92. The molecule has 2 aromatic rings. The van der Waals surface area contributed by atoms with E-state index in [-0.39, 0.29) is 0 Å². The van der Waals surface area contributed by atoms with Crippen molar-refractivity contribution in [3.05, 3.63) is 18.2 Å². The van der Waals surface area contributed by atoms with Crippen LogP contribution in [0.3, 0.4) is 0 Å². The summed E-state index contributed by atoms with van der Waals surface area (Å²) in [6.07, 6.45) is 0. The quantitative estimate of drug-likeness (QED) is 0.785. The number of rotatable bonds is 2. The predicted molar refractivity (Wildman–Crippen MR) is 56.4 cm³/mol. The summed E-state index contributed by atoms with van der Waals surface area (Å²) in [7, 11) is 1.64. The van der Waals surface area contributed by atoms with E-state index in [1.165, 1.54) is 0 Å². The molecule has 1 heterocycles. The third-order valence-corrected chi connectivity index (χ3v) is 2.29. The molecule has 1 aromatic carbocycles. The Morgan fingerprint density at radius 1 is 1.50 bits per heavy atom. The van der Waals surface area contributed by atoms with Gasteiger partial charge >= 0.3 is 0 Å². The van der Waals surface area contributed by atoms with E-state index in [2.05, 4.69) is 5.10 Å². The van der Waals surface area contributed by atoms with Crippen molar-refractivity contribution in [2.24, 2.45) is 0 Å². The van der Waals surface area contributed by atoms with Gasteiger partial charge < -0.3 is 10.5 Å². The van der Waals surface area contributed by atoms with Crippen molar-refractivity contribution in [2.75, 3.05) is 12.8 Å². The number of hydrogen-bond acceptors (Lipinski definition) is 3. The van der Waals surface area contributed by atoms with Crippen LogP contribution < -0.4 is 10.5 Å². The smallest absolute Gasteiger partial charge is 0.129 e. The van der Waals surface area contributed by atoms with Gasteiger partial charge in [-0.05, 0) is 25.1 Å². The molecule has 4 nitrogen and oxygen atoms in total. The number of aryl methyl sites for hydroxylation is 1. The highest BCUT2D eigenvalue weighted by Crippen LogP contribution is 2.24. The minimum Gasteiger partial charge on any atom is -0.497 e. The number of ether oxygens (including phenoxy) is 1. The van der Waals surface area contributed by atoms with Gasteiger partial charge in [-0.25, -0.2) is 4.68 Å². The number of aromatic nitrogens is 2. The molecule has 14 heavy (non-hydrogen) atoms. The molecule has 0 saturated carbocycles. The fourth-order valence-corrected chi connectivity index (χ4v) is 1.50. The minimum absolute atomic E-state index is 0.696. The maximum Gasteiger partial charge on any atom is 0.129 e. The first kappa shape index (κ1) is 8.87. The van der Waals surface area contributed by atoms with Gasteiger partial charge in [-0.1, -0.05) is 0 Å². The van der Waals surface area contributed by atoms with Crippen molar-refractivity contribution in [1.29, 1.82) is 0 Å². The molecule has 0 saturated heterocycles. The van der Waals surface area contributed by atoms with Crippen molar-refractivity contribution < 1.29 is 4.74 Å². The molecule has 2 N–H and O–H groups in total. The number of nitrogens with zero attached hydrogens (tertiary/aromatic N) is 2. The van der Waals surface area contributed by atoms with Crippen molar-refractivity contribution in [2.45, 2.75) is 13.5 Å². The van der Waals surface area contributed by atoms with E-state index in [1.54, 1.807) is 11.8 Å². The Bertz CT molecular complexity index is 462. The molecule has 0 aliphatic carbocycles. The third-order valence-electron chi connectivity index (χ3n) is 2.29. The summed E-state index contributed by atoms with van der Waals surface area (Å²) in [4.78, 5) is 0. The van der Waals surface area contributed by atoms with Gasteiger partial charge in [-0.3, -0.25) is 0 Å². The second-order valence-electron chi connectivity index (χ2n) is 3.08. The van der Waals surface area contributed by atoms with Crippen LogP contribution in [0.1, 0.15) is 6.92 Å². The third kappa shape index (κ3) is 1.19. The summed E-state index contributed by atoms with van der Waals surface area (Å²) in [5.41, 5.74) is 6.83. The van der Waals surface area contributed by atoms with Gasteiger partial charge in [-0.2, -0.15) is 5.10 Å². The maximum absolute atomic E-state index is 5.92. The molecule has 4 heteroatoms. The molecule has 0 aliphatic rings. The van der Waals surface area contributed by atoms with E-state index in [1.807, 2.05) is 25.1 Å². The largest absolute Gasteiger partial charge is 0.497 e. The van der Waals surface area contributed by atoms with Crippen molar-refractivity contribution in [3.63, 3.8) is 0 Å². The summed E-state index contributed by atoms with van der Waals surface area (Å²) in [5, 5.41) is 5.29. The van der Waals surface area contributed by atoms with Crippen molar-refractivity contribution >= 4 is 16.7 Å². The summed E-state index contributed by atoms with van der Waals surface area (Å²) >= 11 is 0. The molecule has 0 spiro atoms. The topological polar surface area (TPSA) is 53.1 Å². The number of anilines is 1. The Morgan fingerprint density at radius 2 is 2.29 bits per heavy atom. The molecule has 0 aliphatic heterocycles. The van der Waals surface area contributed by atoms with E-state index in [0.29, 0.717) is 5.82 Å². The van der Waals surface area contributed by atoms with Crippen LogP contribution in [0.4, 0.5) is 5.82 Å². The van der Waals surface area contributed by atoms with E-state index in [4.69, 9.17) is 10.5 Å². The molecular formula is C10H13N3O. The second-order valence-corrected chi connectivity index (χ2v) is 3.08. The fourth-order valence-electron chi connectivity index (χ4n) is 1.50. The van der Waals surface area contributed by atoms with Gasteiger partial charge in [0.1, 0.15) is 11.6 Å². The lowest BCUT2D eigenvalue weighted by molar-refractivity contribution is 0.415. The molecule has 0 bridgehead atoms. The van der Waals surface area contributed by atoms with Gasteiger partial charge in [0.2, 0.25) is 0 Å². The van der Waals surface area contributed by atoms with Crippen LogP contribution in [0.2, 0.25) is 0 Å². The van der Waals surface area contributed by atoms with Gasteiger partial charge in [0.15, 0.2) is 0 Å². The molecule has 0 amide bonds. The average Bonchev–Trinajstić information content (AvgIpc) is 2.55. The summed E-state index contributed by atoms with van der Waals surface area (Å²) in [5.74, 6) is 1.50. The Kier molecular flexibility index (Phi) is 2.04. The molecule has 0 radical (unpaired) electrons. The van der Waals surface area contributed by atoms with Crippen molar-refractivity contribution in [3.8, 4) is 5.75 Å². The lowest BCUT2D eigenvalue weighted by Crippen LogP contribution is -2.01. The molecule has 0 fully saturated rings. The zero-order chi connectivity index (χ0) is 10.1. The summed E-state index contributed by atoms with van der Waals surface area (Å²) in [6.45, 7) is 2.79. The molecular weight excluding hydrogens is 178 g/mol. The molecule has 0 atom stereocenters. The van der Waals surface area contributed by atoms with Crippen LogP contribution in [-0.2, 0) is 6.54 Å².